The minimum absolute atomic E-state index is 0.00566. The molecule has 5 heterocycles. The van der Waals surface area contributed by atoms with Crippen LogP contribution in [0.4, 0.5) is 11.4 Å². The Bertz CT molecular complexity index is 3190. The molecule has 0 spiro atoms. The normalized spacial score (nSPS) is 17.2. The smallest absolute Gasteiger partial charge is 0.330 e. The largest absolute Gasteiger partial charge is 0.507 e. The SMILES string of the molecule is CCOc1cc(O)c(C(=O)/C=C/c2ccc(N3CCN(C(=O)CCCCCCC(=O)Nc4cccc5c4C(=O)N(C4CCC(=O)NC4=O)C5=O)CC3)cc2Cl)cc1CN1CCC=C(n2c(=O)[nH]c3ccccc32)C1. The number of amides is 6. The van der Waals surface area contributed by atoms with Gasteiger partial charge in [0.15, 0.2) is 5.78 Å². The number of carbonyl (C=O) groups is 7. The summed E-state index contributed by atoms with van der Waals surface area (Å²) in [5.74, 6) is -2.90. The van der Waals surface area contributed by atoms with Crippen LogP contribution in [0.3, 0.4) is 0 Å². The van der Waals surface area contributed by atoms with Crippen molar-refractivity contribution in [2.75, 3.05) is 56.1 Å². The summed E-state index contributed by atoms with van der Waals surface area (Å²) in [7, 11) is 0. The van der Waals surface area contributed by atoms with Crippen LogP contribution in [-0.2, 0) is 25.7 Å². The van der Waals surface area contributed by atoms with E-state index in [1.807, 2.05) is 54.3 Å². The molecule has 1 atom stereocenters. The number of hydrogen-bond donors (Lipinski definition) is 4. The maximum atomic E-state index is 13.6. The summed E-state index contributed by atoms with van der Waals surface area (Å²) >= 11 is 6.76. The van der Waals surface area contributed by atoms with Crippen molar-refractivity contribution in [2.45, 2.75) is 77.3 Å². The summed E-state index contributed by atoms with van der Waals surface area (Å²) in [6, 6.07) is 19.8. The topological polar surface area (TPSA) is 224 Å². The van der Waals surface area contributed by atoms with Gasteiger partial charge in [0, 0.05) is 93.1 Å². The Morgan fingerprint density at radius 1 is 0.878 bits per heavy atom. The van der Waals surface area contributed by atoms with E-state index in [0.717, 1.165) is 52.3 Å². The van der Waals surface area contributed by atoms with Gasteiger partial charge < -0.3 is 29.9 Å². The zero-order chi connectivity index (χ0) is 52.0. The number of phenols is 1. The van der Waals surface area contributed by atoms with Crippen molar-refractivity contribution in [2.24, 2.45) is 0 Å². The summed E-state index contributed by atoms with van der Waals surface area (Å²) in [5.41, 5.74) is 4.88. The second-order valence-electron chi connectivity index (χ2n) is 18.8. The van der Waals surface area contributed by atoms with Gasteiger partial charge in [0.05, 0.1) is 40.0 Å². The van der Waals surface area contributed by atoms with Crippen molar-refractivity contribution in [1.82, 2.24) is 29.6 Å². The highest BCUT2D eigenvalue weighted by atomic mass is 35.5. The number of aromatic nitrogens is 2. The third-order valence-electron chi connectivity index (χ3n) is 13.9. The number of phenolic OH excluding ortho intramolecular Hbond substituents is 1. The molecule has 0 aliphatic carbocycles. The van der Waals surface area contributed by atoms with Gasteiger partial charge in [0.1, 0.15) is 17.5 Å². The number of ether oxygens (including phenoxy) is 1. The molecule has 4 N–H and O–H groups in total. The van der Waals surface area contributed by atoms with Gasteiger partial charge >= 0.3 is 5.69 Å². The van der Waals surface area contributed by atoms with Crippen LogP contribution in [0.5, 0.6) is 11.5 Å². The first-order valence-electron chi connectivity index (χ1n) is 25.1. The lowest BCUT2D eigenvalue weighted by molar-refractivity contribution is -0.136. The number of nitrogens with one attached hydrogen (secondary N) is 3. The van der Waals surface area contributed by atoms with Crippen LogP contribution in [0, 0.1) is 0 Å². The third kappa shape index (κ3) is 11.1. The number of benzene rings is 4. The molecule has 4 aromatic carbocycles. The van der Waals surface area contributed by atoms with Gasteiger partial charge in [-0.2, -0.15) is 0 Å². The number of H-pyrrole nitrogens is 1. The molecule has 1 aromatic heterocycles. The number of fused-ring (bicyclic) bond motifs is 2. The number of halogens is 1. The highest BCUT2D eigenvalue weighted by Crippen LogP contribution is 2.34. The Morgan fingerprint density at radius 2 is 1.66 bits per heavy atom. The molecule has 0 saturated carbocycles. The fraction of sp³-hybridized carbons (Fsp3) is 0.345. The number of ketones is 1. The molecule has 384 valence electrons. The fourth-order valence-electron chi connectivity index (χ4n) is 10.1. The van der Waals surface area contributed by atoms with Crippen molar-refractivity contribution in [1.29, 1.82) is 0 Å². The maximum Gasteiger partial charge on any atom is 0.330 e. The van der Waals surface area contributed by atoms with Crippen molar-refractivity contribution in [3.63, 3.8) is 0 Å². The van der Waals surface area contributed by atoms with Gasteiger partial charge in [0.2, 0.25) is 23.6 Å². The number of hydrogen-bond acceptors (Lipinski definition) is 12. The van der Waals surface area contributed by atoms with E-state index in [2.05, 4.69) is 31.5 Å². The Hall–Kier alpha value is -7.83. The number of rotatable bonds is 18. The van der Waals surface area contributed by atoms with Gasteiger partial charge in [-0.05, 0) is 92.8 Å². The number of allylic oxidation sites excluding steroid dienone is 1. The molecule has 18 nitrogen and oxygen atoms in total. The highest BCUT2D eigenvalue weighted by Gasteiger charge is 2.45. The predicted octanol–water partition coefficient (Wildman–Crippen LogP) is 6.76. The number of piperazine rings is 1. The minimum Gasteiger partial charge on any atom is -0.507 e. The quantitative estimate of drug-likeness (QED) is 0.0309. The van der Waals surface area contributed by atoms with Crippen molar-refractivity contribution < 1.29 is 43.4 Å². The number of aromatic amines is 1. The lowest BCUT2D eigenvalue weighted by Gasteiger charge is -2.36. The zero-order valence-corrected chi connectivity index (χ0v) is 41.7. The van der Waals surface area contributed by atoms with E-state index < -0.39 is 35.5 Å². The minimum atomic E-state index is -1.11. The monoisotopic (exact) mass is 1020 g/mol. The lowest BCUT2D eigenvalue weighted by atomic mass is 10.0. The summed E-state index contributed by atoms with van der Waals surface area (Å²) < 4.78 is 7.60. The second-order valence-corrected chi connectivity index (χ2v) is 19.2. The van der Waals surface area contributed by atoms with E-state index in [4.69, 9.17) is 16.3 Å². The molecular formula is C55H57ClN8O10. The lowest BCUT2D eigenvalue weighted by Crippen LogP contribution is -2.54. The van der Waals surface area contributed by atoms with E-state index in [9.17, 15) is 43.5 Å². The average Bonchev–Trinajstić information content (AvgIpc) is 3.86. The number of imidazole rings is 1. The van der Waals surface area contributed by atoms with Crippen LogP contribution >= 0.6 is 11.6 Å². The van der Waals surface area contributed by atoms with E-state index in [1.54, 1.807) is 22.8 Å². The fourth-order valence-corrected chi connectivity index (χ4v) is 10.3. The van der Waals surface area contributed by atoms with Crippen LogP contribution in [0.15, 0.2) is 89.7 Å². The Balaban J connectivity index is 0.712. The number of anilines is 2. The van der Waals surface area contributed by atoms with Gasteiger partial charge in [-0.1, -0.05) is 54.8 Å². The molecule has 4 aliphatic rings. The molecule has 6 amide bonds. The van der Waals surface area contributed by atoms with Crippen LogP contribution in [0.1, 0.15) is 107 Å². The standard InChI is InChI=1S/C55H57ClN8O10/c1-2-74-47-31-46(66)39(29-35(47)32-60-24-10-11-37(33-60)63-43-15-8-7-13-41(43)58-55(63)73)45(65)22-19-34-18-20-36(30-40(34)56)61-25-27-62(28-26-61)50(69)17-6-4-3-5-16-48(67)57-42-14-9-12-38-51(42)54(72)64(53(38)71)44-21-23-49(68)59-52(44)70/h7-9,11-15,18-20,22,29-31,44,66H,2-6,10,16-17,21,23-28,32-33H2,1H3,(H,57,67)(H,58,73)(H,59,68,70)/b22-19+. The summed E-state index contributed by atoms with van der Waals surface area (Å²) in [4.78, 5) is 113. The summed E-state index contributed by atoms with van der Waals surface area (Å²) in [6.45, 7) is 6.17. The molecule has 5 aromatic rings. The number of unbranched alkanes of at least 4 members (excludes halogenated alkanes) is 3. The molecule has 0 bridgehead atoms. The first-order chi connectivity index (χ1) is 35.8. The molecule has 9 rings (SSSR count). The van der Waals surface area contributed by atoms with E-state index in [-0.39, 0.29) is 64.9 Å². The van der Waals surface area contributed by atoms with Gasteiger partial charge in [-0.25, -0.2) is 4.79 Å². The number of piperidine rings is 1. The Kier molecular flexibility index (Phi) is 15.5. The summed E-state index contributed by atoms with van der Waals surface area (Å²) in [6.07, 6.45) is 9.09. The van der Waals surface area contributed by atoms with Crippen molar-refractivity contribution >= 4 is 87.0 Å². The molecule has 1 unspecified atom stereocenters. The maximum absolute atomic E-state index is 13.6. The molecule has 2 saturated heterocycles. The first kappa shape index (κ1) is 51.1. The van der Waals surface area contributed by atoms with Gasteiger partial charge in [-0.3, -0.25) is 53.2 Å². The average molecular weight is 1030 g/mol. The van der Waals surface area contributed by atoms with E-state index in [0.29, 0.717) is 87.9 Å². The predicted molar refractivity (Wildman–Crippen MR) is 279 cm³/mol. The molecular weight excluding hydrogens is 968 g/mol. The molecule has 19 heteroatoms. The van der Waals surface area contributed by atoms with Crippen LogP contribution in [0.25, 0.3) is 22.8 Å². The van der Waals surface area contributed by atoms with Crippen molar-refractivity contribution in [3.05, 3.63) is 128 Å². The van der Waals surface area contributed by atoms with Crippen LogP contribution in [0.2, 0.25) is 5.02 Å². The third-order valence-corrected chi connectivity index (χ3v) is 14.2. The second kappa shape index (κ2) is 22.5. The number of carbonyl (C=O) groups excluding carboxylic acids is 7. The van der Waals surface area contributed by atoms with E-state index >= 15 is 0 Å². The van der Waals surface area contributed by atoms with E-state index in [1.165, 1.54) is 24.3 Å². The zero-order valence-electron chi connectivity index (χ0n) is 41.0. The molecule has 2 fully saturated rings. The van der Waals surface area contributed by atoms with Crippen molar-refractivity contribution in [3.8, 4) is 11.5 Å². The van der Waals surface area contributed by atoms with Gasteiger partial charge in [0.25, 0.3) is 11.8 Å². The van der Waals surface area contributed by atoms with Crippen LogP contribution in [-0.4, -0.2) is 123 Å². The first-order valence-corrected chi connectivity index (χ1v) is 25.4. The summed E-state index contributed by atoms with van der Waals surface area (Å²) in [5, 5.41) is 16.4. The number of aromatic hydroxyl groups is 1. The number of para-hydroxylation sites is 2. The number of nitrogens with zero attached hydrogens (tertiary/aromatic N) is 5. The Labute approximate surface area is 431 Å². The molecule has 0 radical (unpaired) electrons. The van der Waals surface area contributed by atoms with Crippen LogP contribution < -0.4 is 26.0 Å². The molecule has 74 heavy (non-hydrogen) atoms. The highest BCUT2D eigenvalue weighted by molar-refractivity contribution is 6.32. The number of imide groups is 2. The van der Waals surface area contributed by atoms with Gasteiger partial charge in [-0.15, -0.1) is 0 Å². The molecule has 4 aliphatic heterocycles. The Morgan fingerprint density at radius 3 is 2.43 bits per heavy atom.